The molecule has 2 aliphatic heterocycles. The predicted molar refractivity (Wildman–Crippen MR) is 84.8 cm³/mol. The third-order valence-electron chi connectivity index (χ3n) is 5.02. The Morgan fingerprint density at radius 1 is 1.14 bits per heavy atom. The fraction of sp³-hybridized carbons (Fsp3) is 0.368. The van der Waals surface area contributed by atoms with Gasteiger partial charge >= 0.3 is 0 Å². The Labute approximate surface area is 126 Å². The second-order valence-corrected chi connectivity index (χ2v) is 6.46. The van der Waals surface area contributed by atoms with E-state index in [0.717, 1.165) is 25.3 Å². The van der Waals surface area contributed by atoms with Crippen molar-refractivity contribution in [2.24, 2.45) is 0 Å². The van der Waals surface area contributed by atoms with Crippen LogP contribution >= 0.6 is 0 Å². The molecular formula is C19H21NO. The van der Waals surface area contributed by atoms with Gasteiger partial charge in [0.15, 0.2) is 0 Å². The molecule has 1 fully saturated rings. The van der Waals surface area contributed by atoms with Crippen molar-refractivity contribution in [3.8, 4) is 5.75 Å². The first-order valence-corrected chi connectivity index (χ1v) is 7.73. The van der Waals surface area contributed by atoms with Crippen LogP contribution in [0, 0.1) is 6.92 Å². The van der Waals surface area contributed by atoms with Crippen LogP contribution in [0.5, 0.6) is 5.75 Å². The molecule has 2 aromatic rings. The summed E-state index contributed by atoms with van der Waals surface area (Å²) in [5.74, 6) is 1.49. The molecule has 0 N–H and O–H groups in total. The molecule has 0 unspecified atom stereocenters. The minimum Gasteiger partial charge on any atom is -0.482 e. The van der Waals surface area contributed by atoms with E-state index in [-0.39, 0.29) is 5.60 Å². The molecule has 2 heteroatoms. The van der Waals surface area contributed by atoms with E-state index < -0.39 is 0 Å². The van der Waals surface area contributed by atoms with E-state index in [2.05, 4.69) is 67.4 Å². The van der Waals surface area contributed by atoms with Gasteiger partial charge in [0, 0.05) is 31.0 Å². The predicted octanol–water partition coefficient (Wildman–Crippen LogP) is 3.70. The van der Waals surface area contributed by atoms with Crippen LogP contribution < -0.4 is 4.74 Å². The summed E-state index contributed by atoms with van der Waals surface area (Å²) in [5, 5.41) is 0. The number of likely N-dealkylation sites (N-methyl/N-ethyl adjacent to an activating group) is 1. The molecule has 0 amide bonds. The van der Waals surface area contributed by atoms with Crippen LogP contribution in [-0.2, 0) is 5.60 Å². The monoisotopic (exact) mass is 279 g/mol. The Morgan fingerprint density at radius 3 is 2.86 bits per heavy atom. The average Bonchev–Trinajstić information content (AvgIpc) is 2.82. The number of para-hydroxylation sites is 1. The first-order chi connectivity index (χ1) is 10.2. The maximum Gasteiger partial charge on any atom is 0.143 e. The summed E-state index contributed by atoms with van der Waals surface area (Å²) >= 11 is 0. The van der Waals surface area contributed by atoms with Gasteiger partial charge in [0.2, 0.25) is 0 Å². The molecule has 0 saturated carbocycles. The number of benzene rings is 2. The van der Waals surface area contributed by atoms with Gasteiger partial charge in [0.1, 0.15) is 11.4 Å². The molecule has 0 aliphatic carbocycles. The highest BCUT2D eigenvalue weighted by Gasteiger charge is 2.51. The van der Waals surface area contributed by atoms with E-state index in [1.807, 2.05) is 0 Å². The molecule has 0 bridgehead atoms. The van der Waals surface area contributed by atoms with Gasteiger partial charge in [-0.05, 0) is 25.6 Å². The van der Waals surface area contributed by atoms with Gasteiger partial charge in [-0.25, -0.2) is 0 Å². The van der Waals surface area contributed by atoms with Crippen molar-refractivity contribution in [2.75, 3.05) is 20.1 Å². The number of hydrogen-bond acceptors (Lipinski definition) is 2. The Bertz CT molecular complexity index is 681. The fourth-order valence-electron chi connectivity index (χ4n) is 3.92. The molecule has 1 saturated heterocycles. The minimum atomic E-state index is -0.178. The van der Waals surface area contributed by atoms with Crippen LogP contribution in [-0.4, -0.2) is 25.0 Å². The Balaban J connectivity index is 1.87. The number of aryl methyl sites for hydroxylation is 1. The van der Waals surface area contributed by atoms with Gasteiger partial charge in [-0.2, -0.15) is 0 Å². The molecule has 108 valence electrons. The first kappa shape index (κ1) is 12.9. The lowest BCUT2D eigenvalue weighted by Gasteiger charge is -2.42. The third-order valence-corrected chi connectivity index (χ3v) is 5.02. The topological polar surface area (TPSA) is 12.5 Å². The number of rotatable bonds is 1. The Hall–Kier alpha value is -1.80. The molecular weight excluding hydrogens is 258 g/mol. The zero-order valence-corrected chi connectivity index (χ0v) is 12.7. The van der Waals surface area contributed by atoms with Crippen LogP contribution in [0.3, 0.4) is 0 Å². The average molecular weight is 279 g/mol. The SMILES string of the molecule is Cc1cccc([C@]23CCN(C)C[C@H]2c2ccccc2O3)c1. The van der Waals surface area contributed by atoms with Crippen molar-refractivity contribution in [3.05, 3.63) is 65.2 Å². The van der Waals surface area contributed by atoms with Gasteiger partial charge in [0.05, 0.1) is 0 Å². The summed E-state index contributed by atoms with van der Waals surface area (Å²) in [7, 11) is 2.21. The van der Waals surface area contributed by atoms with Crippen molar-refractivity contribution in [3.63, 3.8) is 0 Å². The molecule has 0 aromatic heterocycles. The number of ether oxygens (including phenoxy) is 1. The maximum atomic E-state index is 6.56. The van der Waals surface area contributed by atoms with Crippen molar-refractivity contribution in [1.82, 2.24) is 4.90 Å². The minimum absolute atomic E-state index is 0.178. The molecule has 0 spiro atoms. The van der Waals surface area contributed by atoms with Crippen molar-refractivity contribution in [2.45, 2.75) is 24.9 Å². The molecule has 2 aromatic carbocycles. The highest BCUT2D eigenvalue weighted by Crippen LogP contribution is 2.54. The standard InChI is InChI=1S/C19H21NO/c1-14-6-5-7-15(12-14)19-10-11-20(2)13-17(19)16-8-3-4-9-18(16)21-19/h3-9,12,17H,10-11,13H2,1-2H3/t17-,19+/m0/s1. The molecule has 2 atom stereocenters. The maximum absolute atomic E-state index is 6.56. The number of hydrogen-bond donors (Lipinski definition) is 0. The third kappa shape index (κ3) is 1.90. The summed E-state index contributed by atoms with van der Waals surface area (Å²) < 4.78 is 6.56. The number of piperidine rings is 1. The Kier molecular flexibility index (Phi) is 2.83. The van der Waals surface area contributed by atoms with Gasteiger partial charge < -0.3 is 9.64 Å². The van der Waals surface area contributed by atoms with E-state index in [1.54, 1.807) is 0 Å². The quantitative estimate of drug-likeness (QED) is 0.789. The van der Waals surface area contributed by atoms with Gasteiger partial charge in [0.25, 0.3) is 0 Å². The summed E-state index contributed by atoms with van der Waals surface area (Å²) in [6, 6.07) is 17.4. The van der Waals surface area contributed by atoms with Crippen LogP contribution in [0.15, 0.2) is 48.5 Å². The van der Waals surface area contributed by atoms with Gasteiger partial charge in [-0.1, -0.05) is 48.0 Å². The summed E-state index contributed by atoms with van der Waals surface area (Å²) in [5.41, 5.74) is 3.82. The molecule has 21 heavy (non-hydrogen) atoms. The molecule has 0 radical (unpaired) electrons. The number of nitrogens with zero attached hydrogens (tertiary/aromatic N) is 1. The van der Waals surface area contributed by atoms with Gasteiger partial charge in [-0.15, -0.1) is 0 Å². The zero-order chi connectivity index (χ0) is 14.4. The van der Waals surface area contributed by atoms with E-state index >= 15 is 0 Å². The van der Waals surface area contributed by atoms with E-state index in [4.69, 9.17) is 4.74 Å². The first-order valence-electron chi connectivity index (χ1n) is 7.73. The highest BCUT2D eigenvalue weighted by molar-refractivity contribution is 5.47. The van der Waals surface area contributed by atoms with E-state index in [9.17, 15) is 0 Å². The van der Waals surface area contributed by atoms with Crippen LogP contribution in [0.4, 0.5) is 0 Å². The Morgan fingerprint density at radius 2 is 2.00 bits per heavy atom. The second kappa shape index (κ2) is 4.60. The normalized spacial score (nSPS) is 27.8. The second-order valence-electron chi connectivity index (χ2n) is 6.46. The number of likely N-dealkylation sites (tertiary alicyclic amines) is 1. The van der Waals surface area contributed by atoms with Gasteiger partial charge in [-0.3, -0.25) is 0 Å². The van der Waals surface area contributed by atoms with Crippen molar-refractivity contribution < 1.29 is 4.74 Å². The molecule has 2 aliphatic rings. The van der Waals surface area contributed by atoms with E-state index in [0.29, 0.717) is 5.92 Å². The summed E-state index contributed by atoms with van der Waals surface area (Å²) in [6.45, 7) is 4.30. The van der Waals surface area contributed by atoms with Crippen molar-refractivity contribution >= 4 is 0 Å². The van der Waals surface area contributed by atoms with Crippen LogP contribution in [0.2, 0.25) is 0 Å². The fourth-order valence-corrected chi connectivity index (χ4v) is 3.92. The lowest BCUT2D eigenvalue weighted by Crippen LogP contribution is -2.47. The summed E-state index contributed by atoms with van der Waals surface area (Å²) in [4.78, 5) is 2.42. The lowest BCUT2D eigenvalue weighted by molar-refractivity contribution is 0.00698. The van der Waals surface area contributed by atoms with Crippen molar-refractivity contribution in [1.29, 1.82) is 0 Å². The van der Waals surface area contributed by atoms with Crippen LogP contribution in [0.1, 0.15) is 29.0 Å². The molecule has 2 nitrogen and oxygen atoms in total. The molecule has 4 rings (SSSR count). The molecule has 2 heterocycles. The highest BCUT2D eigenvalue weighted by atomic mass is 16.5. The summed E-state index contributed by atoms with van der Waals surface area (Å²) in [6.07, 6.45) is 1.05. The zero-order valence-electron chi connectivity index (χ0n) is 12.7. The number of fused-ring (bicyclic) bond motifs is 3. The lowest BCUT2D eigenvalue weighted by atomic mass is 9.74. The van der Waals surface area contributed by atoms with E-state index in [1.165, 1.54) is 16.7 Å². The smallest absolute Gasteiger partial charge is 0.143 e. The largest absolute Gasteiger partial charge is 0.482 e. The van der Waals surface area contributed by atoms with Crippen LogP contribution in [0.25, 0.3) is 0 Å².